The maximum Gasteiger partial charge on any atom is 0.255 e. The van der Waals surface area contributed by atoms with Crippen molar-refractivity contribution in [3.05, 3.63) is 156 Å². The highest BCUT2D eigenvalue weighted by Crippen LogP contribution is 2.47. The quantitative estimate of drug-likeness (QED) is 0.215. The molecule has 0 spiro atoms. The molecule has 5 heteroatoms. The summed E-state index contributed by atoms with van der Waals surface area (Å²) in [6.45, 7) is 2.55. The molecule has 1 aliphatic rings. The molecule has 0 N–H and O–H groups in total. The summed E-state index contributed by atoms with van der Waals surface area (Å²) >= 11 is 0. The zero-order chi connectivity index (χ0) is 28.0. The smallest absolute Gasteiger partial charge is 0.255 e. The first-order valence-corrected chi connectivity index (χ1v) is 15.5. The second-order valence-corrected chi connectivity index (χ2v) is 13.3. The second-order valence-electron chi connectivity index (χ2n) is 10.6. The number of nitrogens with zero attached hydrogens (tertiary/aromatic N) is 2. The van der Waals surface area contributed by atoms with Crippen LogP contribution in [-0.2, 0) is 15.9 Å². The van der Waals surface area contributed by atoms with Crippen molar-refractivity contribution < 1.29 is 9.36 Å². The molecule has 1 aliphatic heterocycles. The van der Waals surface area contributed by atoms with Crippen molar-refractivity contribution in [3.63, 3.8) is 0 Å². The molecule has 0 fully saturated rings. The highest BCUT2D eigenvalue weighted by atomic mass is 31.2. The molecule has 4 nitrogen and oxygen atoms in total. The van der Waals surface area contributed by atoms with E-state index in [0.29, 0.717) is 6.54 Å². The Labute approximate surface area is 239 Å². The first kappa shape index (κ1) is 25.3. The molecule has 41 heavy (non-hydrogen) atoms. The molecule has 1 atom stereocenters. The predicted molar refractivity (Wildman–Crippen MR) is 168 cm³/mol. The molecule has 1 aromatic heterocycles. The van der Waals surface area contributed by atoms with Crippen LogP contribution in [0.4, 0.5) is 5.69 Å². The SMILES string of the molecule is Cc1ccc2c(c1)C(n1cc(P(=O)(c3ccccc3)c3ccccc3)c3ccccc31)C(=O)N2Cc1ccccc1. The molecule has 0 saturated carbocycles. The van der Waals surface area contributed by atoms with Gasteiger partial charge in [-0.25, -0.2) is 0 Å². The minimum atomic E-state index is -3.27. The third-order valence-electron chi connectivity index (χ3n) is 8.03. The van der Waals surface area contributed by atoms with Gasteiger partial charge < -0.3 is 14.0 Å². The van der Waals surface area contributed by atoms with Crippen LogP contribution in [0.15, 0.2) is 140 Å². The van der Waals surface area contributed by atoms with Crippen molar-refractivity contribution in [2.75, 3.05) is 4.90 Å². The summed E-state index contributed by atoms with van der Waals surface area (Å²) < 4.78 is 17.5. The fourth-order valence-electron chi connectivity index (χ4n) is 6.09. The number of para-hydroxylation sites is 1. The van der Waals surface area contributed by atoms with Crippen LogP contribution in [0, 0.1) is 6.92 Å². The van der Waals surface area contributed by atoms with Gasteiger partial charge in [-0.3, -0.25) is 4.79 Å². The van der Waals surface area contributed by atoms with Gasteiger partial charge in [0.25, 0.3) is 5.91 Å². The summed E-state index contributed by atoms with van der Waals surface area (Å²) in [6, 6.07) is 43.2. The van der Waals surface area contributed by atoms with E-state index in [2.05, 4.69) is 29.7 Å². The largest absolute Gasteiger partial charge is 0.330 e. The number of benzene rings is 5. The Morgan fingerprint density at radius 2 is 1.29 bits per heavy atom. The Kier molecular flexibility index (Phi) is 6.22. The van der Waals surface area contributed by atoms with E-state index < -0.39 is 13.2 Å². The van der Waals surface area contributed by atoms with E-state index in [9.17, 15) is 4.79 Å². The number of amides is 1. The summed E-state index contributed by atoms with van der Waals surface area (Å²) in [5, 5.41) is 3.18. The molecule has 0 saturated heterocycles. The molecule has 0 radical (unpaired) electrons. The third-order valence-corrected chi connectivity index (χ3v) is 11.1. The number of aromatic nitrogens is 1. The lowest BCUT2D eigenvalue weighted by atomic mass is 10.1. The monoisotopic (exact) mass is 552 g/mol. The molecular weight excluding hydrogens is 523 g/mol. The zero-order valence-corrected chi connectivity index (χ0v) is 23.6. The Balaban J connectivity index is 1.45. The van der Waals surface area contributed by atoms with Crippen molar-refractivity contribution in [1.82, 2.24) is 4.57 Å². The van der Waals surface area contributed by atoms with E-state index in [0.717, 1.165) is 49.2 Å². The van der Waals surface area contributed by atoms with Crippen molar-refractivity contribution >= 4 is 45.6 Å². The van der Waals surface area contributed by atoms with Crippen LogP contribution in [0.3, 0.4) is 0 Å². The maximum absolute atomic E-state index is 15.4. The molecule has 2 heterocycles. The lowest BCUT2D eigenvalue weighted by Gasteiger charge is -2.20. The van der Waals surface area contributed by atoms with Gasteiger partial charge in [-0.1, -0.05) is 127 Å². The van der Waals surface area contributed by atoms with Crippen LogP contribution in [0.5, 0.6) is 0 Å². The fourth-order valence-corrected chi connectivity index (χ4v) is 8.94. The Morgan fingerprint density at radius 3 is 1.95 bits per heavy atom. The van der Waals surface area contributed by atoms with E-state index in [1.54, 1.807) is 0 Å². The lowest BCUT2D eigenvalue weighted by Crippen LogP contribution is -2.31. The van der Waals surface area contributed by atoms with Crippen molar-refractivity contribution in [2.45, 2.75) is 19.5 Å². The van der Waals surface area contributed by atoms with Gasteiger partial charge in [-0.05, 0) is 24.6 Å². The van der Waals surface area contributed by atoms with Crippen LogP contribution in [-0.4, -0.2) is 10.5 Å². The lowest BCUT2D eigenvalue weighted by molar-refractivity contribution is -0.119. The minimum absolute atomic E-state index is 0.0102. The number of anilines is 1. The third kappa shape index (κ3) is 4.15. The van der Waals surface area contributed by atoms with Gasteiger partial charge in [0.05, 0.1) is 6.54 Å². The number of aryl methyl sites for hydroxylation is 1. The Bertz CT molecular complexity index is 1890. The molecule has 1 amide bonds. The molecular formula is C36H29N2O2P. The van der Waals surface area contributed by atoms with Crippen molar-refractivity contribution in [1.29, 1.82) is 0 Å². The molecule has 200 valence electrons. The van der Waals surface area contributed by atoms with E-state index in [-0.39, 0.29) is 5.91 Å². The molecule has 5 aromatic carbocycles. The van der Waals surface area contributed by atoms with E-state index in [1.165, 1.54) is 0 Å². The highest BCUT2D eigenvalue weighted by Gasteiger charge is 2.41. The Hall–Kier alpha value is -4.66. The van der Waals surface area contributed by atoms with Gasteiger partial charge in [0.15, 0.2) is 7.14 Å². The average molecular weight is 553 g/mol. The van der Waals surface area contributed by atoms with Gasteiger partial charge in [-0.15, -0.1) is 0 Å². The highest BCUT2D eigenvalue weighted by molar-refractivity contribution is 7.85. The summed E-state index contributed by atoms with van der Waals surface area (Å²) in [5.74, 6) is 0.0102. The van der Waals surface area contributed by atoms with Crippen molar-refractivity contribution in [2.24, 2.45) is 0 Å². The minimum Gasteiger partial charge on any atom is -0.330 e. The van der Waals surface area contributed by atoms with Crippen LogP contribution < -0.4 is 20.8 Å². The number of hydrogen-bond acceptors (Lipinski definition) is 2. The Morgan fingerprint density at radius 1 is 0.707 bits per heavy atom. The molecule has 7 rings (SSSR count). The summed E-state index contributed by atoms with van der Waals surface area (Å²) in [7, 11) is -3.27. The molecule has 0 bridgehead atoms. The maximum atomic E-state index is 15.4. The summed E-state index contributed by atoms with van der Waals surface area (Å²) in [5.41, 5.74) is 4.94. The van der Waals surface area contributed by atoms with E-state index in [4.69, 9.17) is 0 Å². The number of fused-ring (bicyclic) bond motifs is 2. The summed E-state index contributed by atoms with van der Waals surface area (Å²) in [4.78, 5) is 16.2. The van der Waals surface area contributed by atoms with Gasteiger partial charge in [0.2, 0.25) is 0 Å². The topological polar surface area (TPSA) is 42.3 Å². The van der Waals surface area contributed by atoms with Gasteiger partial charge in [-0.2, -0.15) is 0 Å². The molecule has 6 aromatic rings. The van der Waals surface area contributed by atoms with Crippen LogP contribution >= 0.6 is 7.14 Å². The molecule has 1 unspecified atom stereocenters. The number of rotatable bonds is 6. The van der Waals surface area contributed by atoms with Gasteiger partial charge in [0.1, 0.15) is 6.04 Å². The van der Waals surface area contributed by atoms with Crippen LogP contribution in [0.1, 0.15) is 22.7 Å². The first-order chi connectivity index (χ1) is 20.1. The standard InChI is InChI=1S/C36H29N2O2P/c1-26-21-22-33-31(23-26)35(36(39)38(33)24-27-13-5-2-6-14-27)37-25-34(30-19-11-12-20-32(30)37)41(40,28-15-7-3-8-16-28)29-17-9-4-10-18-29/h2-23,25,35H,24H2,1H3. The van der Waals surface area contributed by atoms with Gasteiger partial charge in [0, 0.05) is 44.3 Å². The number of carbonyl (C=O) groups is 1. The summed E-state index contributed by atoms with van der Waals surface area (Å²) in [6.07, 6.45) is 1.98. The zero-order valence-electron chi connectivity index (χ0n) is 22.7. The van der Waals surface area contributed by atoms with Gasteiger partial charge >= 0.3 is 0 Å². The number of carbonyl (C=O) groups excluding carboxylic acids is 1. The fraction of sp³-hybridized carbons (Fsp3) is 0.0833. The second kappa shape index (κ2) is 10.1. The van der Waals surface area contributed by atoms with E-state index in [1.807, 2.05) is 126 Å². The van der Waals surface area contributed by atoms with Crippen molar-refractivity contribution in [3.8, 4) is 0 Å². The first-order valence-electron chi connectivity index (χ1n) is 13.8. The van der Waals surface area contributed by atoms with Crippen LogP contribution in [0.25, 0.3) is 10.9 Å². The average Bonchev–Trinajstić information content (AvgIpc) is 3.53. The molecule has 0 aliphatic carbocycles. The predicted octanol–water partition coefficient (Wildman–Crippen LogP) is 6.73. The number of hydrogen-bond donors (Lipinski definition) is 0. The normalized spacial score (nSPS) is 14.9. The van der Waals surface area contributed by atoms with E-state index >= 15 is 4.57 Å². The van der Waals surface area contributed by atoms with Crippen LogP contribution in [0.2, 0.25) is 0 Å².